The van der Waals surface area contributed by atoms with Crippen LogP contribution in [0.3, 0.4) is 0 Å². The Morgan fingerprint density at radius 3 is 2.50 bits per heavy atom. The molecule has 2 heterocycles. The molecule has 1 atom stereocenters. The van der Waals surface area contributed by atoms with Crippen LogP contribution in [0, 0.1) is 0 Å². The largest absolute Gasteiger partial charge is 0.497 e. The molecule has 0 amide bonds. The summed E-state index contributed by atoms with van der Waals surface area (Å²) in [5, 5.41) is 1.47. The average Bonchev–Trinajstić information content (AvgIpc) is 3.40. The van der Waals surface area contributed by atoms with Gasteiger partial charge in [0.15, 0.2) is 8.32 Å². The third-order valence-electron chi connectivity index (χ3n) is 7.85. The molecule has 0 spiro atoms. The Hall–Kier alpha value is -2.57. The topological polar surface area (TPSA) is 45.0 Å². The highest BCUT2D eigenvalue weighted by Gasteiger charge is 2.41. The molecule has 0 aliphatic carbocycles. The molecule has 4 rings (SSSR count). The summed E-state index contributed by atoms with van der Waals surface area (Å²) in [4.78, 5) is 5.08. The molecular weight excluding hydrogens is 464 g/mol. The monoisotopic (exact) mass is 506 g/mol. The Bertz CT molecular complexity index is 1250. The zero-order valence-corrected chi connectivity index (χ0v) is 24.3. The number of benzene rings is 2. The minimum Gasteiger partial charge on any atom is -0.497 e. The summed E-state index contributed by atoms with van der Waals surface area (Å²) in [5.74, 6) is 1.59. The highest BCUT2D eigenvalue weighted by atomic mass is 28.4. The molecule has 0 bridgehead atoms. The Morgan fingerprint density at radius 2 is 1.83 bits per heavy atom. The van der Waals surface area contributed by atoms with E-state index in [1.807, 2.05) is 18.2 Å². The minimum atomic E-state index is -1.88. The summed E-state index contributed by atoms with van der Waals surface area (Å²) in [6.07, 6.45) is 4.20. The van der Waals surface area contributed by atoms with Crippen LogP contribution in [0.1, 0.15) is 70.0 Å². The summed E-state index contributed by atoms with van der Waals surface area (Å²) in [7, 11) is 1.48. The fourth-order valence-electron chi connectivity index (χ4n) is 4.73. The van der Waals surface area contributed by atoms with Gasteiger partial charge in [0.25, 0.3) is 0 Å². The van der Waals surface area contributed by atoms with Crippen molar-refractivity contribution < 1.29 is 13.9 Å². The molecule has 5 nitrogen and oxygen atoms in total. The van der Waals surface area contributed by atoms with E-state index in [9.17, 15) is 0 Å². The van der Waals surface area contributed by atoms with Crippen molar-refractivity contribution in [3.8, 4) is 11.5 Å². The van der Waals surface area contributed by atoms with Crippen LogP contribution >= 0.6 is 0 Å². The maximum Gasteiger partial charge on any atom is 0.194 e. The van der Waals surface area contributed by atoms with Gasteiger partial charge < -0.3 is 18.5 Å². The van der Waals surface area contributed by atoms with Crippen LogP contribution in [0.5, 0.6) is 11.5 Å². The highest BCUT2D eigenvalue weighted by molar-refractivity contribution is 6.74. The predicted molar refractivity (Wildman–Crippen MR) is 152 cm³/mol. The van der Waals surface area contributed by atoms with E-state index in [2.05, 4.69) is 69.6 Å². The van der Waals surface area contributed by atoms with E-state index >= 15 is 0 Å². The van der Waals surface area contributed by atoms with Crippen LogP contribution in [-0.4, -0.2) is 32.8 Å². The lowest BCUT2D eigenvalue weighted by Gasteiger charge is -2.39. The molecule has 3 aromatic rings. The molecule has 0 radical (unpaired) electrons. The molecule has 0 fully saturated rings. The van der Waals surface area contributed by atoms with Gasteiger partial charge in [0, 0.05) is 23.0 Å². The van der Waals surface area contributed by atoms with Crippen molar-refractivity contribution in [3.05, 3.63) is 59.3 Å². The predicted octanol–water partition coefficient (Wildman–Crippen LogP) is 7.91. The zero-order chi connectivity index (χ0) is 26.1. The molecule has 36 heavy (non-hydrogen) atoms. The van der Waals surface area contributed by atoms with Crippen molar-refractivity contribution in [1.29, 1.82) is 0 Å². The number of ether oxygens (including phenoxy) is 2. The van der Waals surface area contributed by atoms with Crippen molar-refractivity contribution in [2.45, 2.75) is 84.3 Å². The second-order valence-electron chi connectivity index (χ2n) is 11.3. The molecule has 1 aliphatic heterocycles. The van der Waals surface area contributed by atoms with Crippen molar-refractivity contribution in [2.75, 3.05) is 14.2 Å². The third kappa shape index (κ3) is 5.25. The fraction of sp³-hybridized carbons (Fsp3) is 0.500. The number of aliphatic imine (C=N–C) groups is 1. The van der Waals surface area contributed by atoms with Crippen molar-refractivity contribution in [3.63, 3.8) is 0 Å². The molecule has 194 valence electrons. The van der Waals surface area contributed by atoms with Gasteiger partial charge in [-0.25, -0.2) is 0 Å². The van der Waals surface area contributed by atoms with E-state index < -0.39 is 8.32 Å². The van der Waals surface area contributed by atoms with Crippen molar-refractivity contribution in [2.24, 2.45) is 4.99 Å². The Balaban J connectivity index is 1.67. The minimum absolute atomic E-state index is 0.115. The summed E-state index contributed by atoms with van der Waals surface area (Å²) in [6, 6.07) is 15.1. The summed E-state index contributed by atoms with van der Waals surface area (Å²) < 4.78 is 20.3. The Morgan fingerprint density at radius 1 is 1.06 bits per heavy atom. The molecule has 6 heteroatoms. The quantitative estimate of drug-likeness (QED) is 0.219. The van der Waals surface area contributed by atoms with Gasteiger partial charge in [-0.2, -0.15) is 0 Å². The molecular formula is C30H42N2O3Si. The third-order valence-corrected chi connectivity index (χ3v) is 12.3. The number of nitrogens with zero attached hydrogens (tertiary/aromatic N) is 2. The summed E-state index contributed by atoms with van der Waals surface area (Å²) >= 11 is 0. The average molecular weight is 507 g/mol. The standard InChI is InChI=1S/C30H42N2O3Si/c1-9-10-26(31-20-23-13-15-25(33-5)19-28(23)34-6)21-11-12-22-17-24-14-16-29(32(24)27(22)18-21)35-36(7,8)30(2,3)4/h11-13,15,17-19,29H,9-10,14,16,20H2,1-8H3. The van der Waals surface area contributed by atoms with Gasteiger partial charge in [0.05, 0.1) is 26.3 Å². The van der Waals surface area contributed by atoms with E-state index in [0.29, 0.717) is 6.54 Å². The fourth-order valence-corrected chi connectivity index (χ4v) is 5.99. The molecule has 1 aliphatic rings. The van der Waals surface area contributed by atoms with E-state index in [1.54, 1.807) is 14.2 Å². The second kappa shape index (κ2) is 10.4. The van der Waals surface area contributed by atoms with Crippen LogP contribution in [-0.2, 0) is 17.4 Å². The van der Waals surface area contributed by atoms with E-state index in [0.717, 1.165) is 48.5 Å². The van der Waals surface area contributed by atoms with E-state index in [-0.39, 0.29) is 11.3 Å². The summed E-state index contributed by atoms with van der Waals surface area (Å²) in [6.45, 7) is 14.4. The van der Waals surface area contributed by atoms with Crippen LogP contribution in [0.15, 0.2) is 47.5 Å². The lowest BCUT2D eigenvalue weighted by Crippen LogP contribution is -2.42. The van der Waals surface area contributed by atoms with E-state index in [1.165, 1.54) is 22.2 Å². The lowest BCUT2D eigenvalue weighted by molar-refractivity contribution is 0.127. The SMILES string of the molecule is CCCC(=NCc1ccc(OC)cc1OC)c1ccc2cc3n(c2c1)C(O[Si](C)(C)C(C)(C)C)CC3. The van der Waals surface area contributed by atoms with Gasteiger partial charge in [-0.3, -0.25) is 4.99 Å². The van der Waals surface area contributed by atoms with Gasteiger partial charge >= 0.3 is 0 Å². The van der Waals surface area contributed by atoms with Gasteiger partial charge in [0.2, 0.25) is 0 Å². The summed E-state index contributed by atoms with van der Waals surface area (Å²) in [5.41, 5.74) is 6.01. The smallest absolute Gasteiger partial charge is 0.194 e. The van der Waals surface area contributed by atoms with Gasteiger partial charge in [-0.05, 0) is 72.6 Å². The van der Waals surface area contributed by atoms with E-state index in [4.69, 9.17) is 18.9 Å². The molecule has 0 saturated carbocycles. The van der Waals surface area contributed by atoms with Crippen LogP contribution in [0.2, 0.25) is 18.1 Å². The van der Waals surface area contributed by atoms with Crippen molar-refractivity contribution >= 4 is 24.9 Å². The number of fused-ring (bicyclic) bond motifs is 3. The number of hydrogen-bond acceptors (Lipinski definition) is 4. The number of aromatic nitrogens is 1. The first kappa shape index (κ1) is 26.5. The number of hydrogen-bond donors (Lipinski definition) is 0. The normalized spacial score (nSPS) is 16.4. The highest BCUT2D eigenvalue weighted by Crippen LogP contribution is 2.43. The Kier molecular flexibility index (Phi) is 7.67. The Labute approximate surface area is 217 Å². The first-order valence-corrected chi connectivity index (χ1v) is 16.0. The molecule has 1 unspecified atom stereocenters. The first-order chi connectivity index (χ1) is 17.1. The number of methoxy groups -OCH3 is 2. The molecule has 1 aromatic heterocycles. The number of aryl methyl sites for hydroxylation is 1. The van der Waals surface area contributed by atoms with Gasteiger partial charge in [0.1, 0.15) is 17.7 Å². The first-order valence-electron chi connectivity index (χ1n) is 13.1. The zero-order valence-electron chi connectivity index (χ0n) is 23.3. The molecule has 0 saturated heterocycles. The maximum atomic E-state index is 6.90. The van der Waals surface area contributed by atoms with Crippen LogP contribution < -0.4 is 9.47 Å². The van der Waals surface area contributed by atoms with Gasteiger partial charge in [-0.15, -0.1) is 0 Å². The van der Waals surface area contributed by atoms with Gasteiger partial charge in [-0.1, -0.05) is 46.2 Å². The number of rotatable bonds is 9. The maximum absolute atomic E-state index is 6.90. The van der Waals surface area contributed by atoms with Crippen molar-refractivity contribution in [1.82, 2.24) is 4.57 Å². The molecule has 0 N–H and O–H groups in total. The molecule has 2 aromatic carbocycles. The van der Waals surface area contributed by atoms with Crippen LogP contribution in [0.4, 0.5) is 0 Å². The lowest BCUT2D eigenvalue weighted by atomic mass is 10.0. The van der Waals surface area contributed by atoms with Crippen LogP contribution in [0.25, 0.3) is 10.9 Å². The second-order valence-corrected chi connectivity index (χ2v) is 16.1.